The highest BCUT2D eigenvalue weighted by Gasteiger charge is 2.47. The molecule has 1 rings (SSSR count). The van der Waals surface area contributed by atoms with E-state index in [1.807, 2.05) is 13.8 Å². The van der Waals surface area contributed by atoms with Crippen LogP contribution in [0.1, 0.15) is 27.2 Å². The minimum absolute atomic E-state index is 0.154. The molecule has 1 heterocycles. The molecule has 1 atom stereocenters. The predicted octanol–water partition coefficient (Wildman–Crippen LogP) is 1.12. The zero-order valence-electron chi connectivity index (χ0n) is 7.01. The van der Waals surface area contributed by atoms with E-state index in [1.54, 1.807) is 6.92 Å². The van der Waals surface area contributed by atoms with Gasteiger partial charge in [-0.1, -0.05) is 13.8 Å². The third-order valence-corrected chi connectivity index (χ3v) is 2.46. The maximum absolute atomic E-state index is 11.1. The Morgan fingerprint density at radius 2 is 2.00 bits per heavy atom. The van der Waals surface area contributed by atoms with Gasteiger partial charge in [0, 0.05) is 0 Å². The van der Waals surface area contributed by atoms with Gasteiger partial charge >= 0.3 is 11.9 Å². The summed E-state index contributed by atoms with van der Waals surface area (Å²) < 4.78 is 4.46. The summed E-state index contributed by atoms with van der Waals surface area (Å²) in [7, 11) is 0. The van der Waals surface area contributed by atoms with Crippen molar-refractivity contribution >= 4 is 11.9 Å². The third-order valence-electron chi connectivity index (χ3n) is 2.46. The molecule has 3 nitrogen and oxygen atoms in total. The van der Waals surface area contributed by atoms with Crippen molar-refractivity contribution in [2.24, 2.45) is 11.3 Å². The Balaban J connectivity index is 2.87. The van der Waals surface area contributed by atoms with Crippen molar-refractivity contribution in [1.29, 1.82) is 0 Å². The first-order chi connectivity index (χ1) is 4.97. The molecule has 0 spiro atoms. The predicted molar refractivity (Wildman–Crippen MR) is 38.7 cm³/mol. The Hall–Kier alpha value is -0.860. The van der Waals surface area contributed by atoms with E-state index < -0.39 is 11.4 Å². The Labute approximate surface area is 65.7 Å². The van der Waals surface area contributed by atoms with Gasteiger partial charge in [-0.15, -0.1) is 0 Å². The quantitative estimate of drug-likeness (QED) is 0.422. The number of cyclic esters (lactones) is 2. The molecular weight excluding hydrogens is 144 g/mol. The molecule has 0 amide bonds. The zero-order valence-corrected chi connectivity index (χ0v) is 7.01. The van der Waals surface area contributed by atoms with Crippen LogP contribution in [0.2, 0.25) is 0 Å². The van der Waals surface area contributed by atoms with Gasteiger partial charge in [-0.05, 0) is 12.8 Å². The highest BCUT2D eigenvalue weighted by molar-refractivity contribution is 5.97. The number of carbonyl (C=O) groups excluding carboxylic acids is 2. The fourth-order valence-corrected chi connectivity index (χ4v) is 1.07. The van der Waals surface area contributed by atoms with Gasteiger partial charge in [0.2, 0.25) is 0 Å². The molecule has 0 aromatic heterocycles. The van der Waals surface area contributed by atoms with Crippen molar-refractivity contribution < 1.29 is 14.3 Å². The van der Waals surface area contributed by atoms with Crippen LogP contribution in [0.4, 0.5) is 0 Å². The molecule has 1 fully saturated rings. The number of ether oxygens (including phenoxy) is 1. The Morgan fingerprint density at radius 1 is 1.45 bits per heavy atom. The minimum atomic E-state index is -0.586. The molecule has 62 valence electrons. The highest BCUT2D eigenvalue weighted by Crippen LogP contribution is 2.37. The van der Waals surface area contributed by atoms with Gasteiger partial charge in [-0.2, -0.15) is 0 Å². The number of hydrogen-bond donors (Lipinski definition) is 0. The fourth-order valence-electron chi connectivity index (χ4n) is 1.07. The van der Waals surface area contributed by atoms with Gasteiger partial charge in [0.15, 0.2) is 0 Å². The molecule has 0 aromatic carbocycles. The van der Waals surface area contributed by atoms with Crippen LogP contribution in [0.15, 0.2) is 0 Å². The van der Waals surface area contributed by atoms with Crippen LogP contribution in [0.5, 0.6) is 0 Å². The van der Waals surface area contributed by atoms with Crippen molar-refractivity contribution in [2.45, 2.75) is 27.2 Å². The third kappa shape index (κ3) is 1.15. The Kier molecular flexibility index (Phi) is 1.74. The molecule has 0 aliphatic carbocycles. The number of esters is 2. The summed E-state index contributed by atoms with van der Waals surface area (Å²) in [5.74, 6) is -0.620. The summed E-state index contributed by atoms with van der Waals surface area (Å²) in [5.41, 5.74) is -0.586. The first-order valence-electron chi connectivity index (χ1n) is 3.72. The van der Waals surface area contributed by atoms with Gasteiger partial charge in [0.1, 0.15) is 0 Å². The van der Waals surface area contributed by atoms with Crippen molar-refractivity contribution in [3.63, 3.8) is 0 Å². The van der Waals surface area contributed by atoms with Gasteiger partial charge in [-0.25, -0.2) is 0 Å². The molecule has 0 unspecified atom stereocenters. The van der Waals surface area contributed by atoms with E-state index in [9.17, 15) is 9.59 Å². The van der Waals surface area contributed by atoms with Gasteiger partial charge in [-0.3, -0.25) is 9.59 Å². The first kappa shape index (κ1) is 8.24. The number of hydrogen-bond acceptors (Lipinski definition) is 3. The molecule has 0 radical (unpaired) electrons. The van der Waals surface area contributed by atoms with Gasteiger partial charge < -0.3 is 4.74 Å². The van der Waals surface area contributed by atoms with Crippen molar-refractivity contribution in [3.8, 4) is 0 Å². The average molecular weight is 156 g/mol. The van der Waals surface area contributed by atoms with E-state index in [0.717, 1.165) is 0 Å². The largest absolute Gasteiger partial charge is 0.393 e. The smallest absolute Gasteiger partial charge is 0.320 e. The van der Waals surface area contributed by atoms with E-state index in [1.165, 1.54) is 0 Å². The summed E-state index contributed by atoms with van der Waals surface area (Å²) in [6.45, 7) is 5.60. The lowest BCUT2D eigenvalue weighted by atomic mass is 9.78. The maximum atomic E-state index is 11.1. The second kappa shape index (κ2) is 2.32. The average Bonchev–Trinajstić information content (AvgIpc) is 2.08. The van der Waals surface area contributed by atoms with E-state index >= 15 is 0 Å². The molecule has 11 heavy (non-hydrogen) atoms. The van der Waals surface area contributed by atoms with E-state index in [2.05, 4.69) is 4.74 Å². The maximum Gasteiger partial charge on any atom is 0.320 e. The van der Waals surface area contributed by atoms with Crippen LogP contribution in [0.25, 0.3) is 0 Å². The van der Waals surface area contributed by atoms with Crippen LogP contribution < -0.4 is 0 Å². The zero-order chi connectivity index (χ0) is 8.65. The van der Waals surface area contributed by atoms with Crippen LogP contribution in [-0.2, 0) is 14.3 Å². The van der Waals surface area contributed by atoms with Gasteiger partial charge in [0.05, 0.1) is 11.8 Å². The molecule has 0 bridgehead atoms. The monoisotopic (exact) mass is 156 g/mol. The van der Waals surface area contributed by atoms with Gasteiger partial charge in [0.25, 0.3) is 0 Å². The lowest BCUT2D eigenvalue weighted by Gasteiger charge is -2.21. The summed E-state index contributed by atoms with van der Waals surface area (Å²) in [4.78, 5) is 21.8. The summed E-state index contributed by atoms with van der Waals surface area (Å²) in [6, 6.07) is 0. The minimum Gasteiger partial charge on any atom is -0.393 e. The van der Waals surface area contributed by atoms with Crippen molar-refractivity contribution in [3.05, 3.63) is 0 Å². The Bertz CT molecular complexity index is 207. The molecule has 3 heteroatoms. The molecule has 0 N–H and O–H groups in total. The lowest BCUT2D eigenvalue weighted by Crippen LogP contribution is -2.28. The molecule has 1 aliphatic heterocycles. The number of rotatable bonds is 1. The topological polar surface area (TPSA) is 43.4 Å². The second-order valence-corrected chi connectivity index (χ2v) is 3.51. The van der Waals surface area contributed by atoms with E-state index in [4.69, 9.17) is 0 Å². The summed E-state index contributed by atoms with van der Waals surface area (Å²) >= 11 is 0. The van der Waals surface area contributed by atoms with Crippen molar-refractivity contribution in [2.75, 3.05) is 0 Å². The molecule has 1 aliphatic rings. The van der Waals surface area contributed by atoms with Crippen molar-refractivity contribution in [1.82, 2.24) is 0 Å². The summed E-state index contributed by atoms with van der Waals surface area (Å²) in [6.07, 6.45) is 0.226. The van der Waals surface area contributed by atoms with Crippen LogP contribution >= 0.6 is 0 Å². The molecule has 0 saturated carbocycles. The SMILES string of the molecule is CC(C)[C@]1(C)CC(=O)OC1=O. The highest BCUT2D eigenvalue weighted by atomic mass is 16.6. The lowest BCUT2D eigenvalue weighted by molar-refractivity contribution is -0.155. The molecule has 1 saturated heterocycles. The normalized spacial score (nSPS) is 31.3. The van der Waals surface area contributed by atoms with Crippen LogP contribution in [0, 0.1) is 11.3 Å². The molecular formula is C8H12O3. The van der Waals surface area contributed by atoms with E-state index in [0.29, 0.717) is 0 Å². The van der Waals surface area contributed by atoms with Crippen LogP contribution in [0.3, 0.4) is 0 Å². The fraction of sp³-hybridized carbons (Fsp3) is 0.750. The van der Waals surface area contributed by atoms with Crippen LogP contribution in [-0.4, -0.2) is 11.9 Å². The second-order valence-electron chi connectivity index (χ2n) is 3.51. The molecule has 0 aromatic rings. The first-order valence-corrected chi connectivity index (χ1v) is 3.72. The summed E-state index contributed by atoms with van der Waals surface area (Å²) in [5, 5.41) is 0. The standard InChI is InChI=1S/C8H12O3/c1-5(2)8(3)4-6(9)11-7(8)10/h5H,4H2,1-3H3/t8-/m0/s1. The number of carbonyl (C=O) groups is 2. The Morgan fingerprint density at radius 3 is 2.18 bits per heavy atom. The van der Waals surface area contributed by atoms with E-state index in [-0.39, 0.29) is 18.3 Å².